The van der Waals surface area contributed by atoms with E-state index in [9.17, 15) is 4.79 Å². The highest BCUT2D eigenvalue weighted by Gasteiger charge is 2.20. The molecule has 0 unspecified atom stereocenters. The standard InChI is InChI=1S/C22H24N2OS/c1-3-15-12-20(14(2)24-22(15)25)21-9-8-19(26-21)13-23-18-10-16-6-4-5-7-17(16)11-18/h4-9,12,18,23H,3,10-11,13H2,1-2H3,(H,24,25). The Hall–Kier alpha value is -2.17. The molecule has 134 valence electrons. The summed E-state index contributed by atoms with van der Waals surface area (Å²) in [5.74, 6) is 0. The number of aromatic nitrogens is 1. The molecule has 2 N–H and O–H groups in total. The highest BCUT2D eigenvalue weighted by Crippen LogP contribution is 2.30. The number of pyridine rings is 1. The first-order valence-electron chi connectivity index (χ1n) is 9.26. The van der Waals surface area contributed by atoms with Gasteiger partial charge in [0.15, 0.2) is 0 Å². The van der Waals surface area contributed by atoms with Gasteiger partial charge in [0, 0.05) is 39.2 Å². The minimum Gasteiger partial charge on any atom is -0.326 e. The topological polar surface area (TPSA) is 44.9 Å². The van der Waals surface area contributed by atoms with E-state index in [0.29, 0.717) is 6.04 Å². The lowest BCUT2D eigenvalue weighted by atomic mass is 10.1. The van der Waals surface area contributed by atoms with Crippen LogP contribution < -0.4 is 10.9 Å². The van der Waals surface area contributed by atoms with Crippen molar-refractivity contribution in [1.82, 2.24) is 10.3 Å². The van der Waals surface area contributed by atoms with Gasteiger partial charge in [0.25, 0.3) is 5.56 Å². The first-order chi connectivity index (χ1) is 12.6. The maximum Gasteiger partial charge on any atom is 0.251 e. The Morgan fingerprint density at radius 1 is 1.15 bits per heavy atom. The molecule has 0 radical (unpaired) electrons. The summed E-state index contributed by atoms with van der Waals surface area (Å²) in [6.07, 6.45) is 2.99. The van der Waals surface area contributed by atoms with Crippen LogP contribution in [0.4, 0.5) is 0 Å². The molecule has 3 nitrogen and oxygen atoms in total. The molecule has 0 spiro atoms. The highest BCUT2D eigenvalue weighted by molar-refractivity contribution is 7.15. The lowest BCUT2D eigenvalue weighted by Gasteiger charge is -2.10. The second-order valence-electron chi connectivity index (χ2n) is 7.04. The van der Waals surface area contributed by atoms with Crippen molar-refractivity contribution in [3.8, 4) is 10.4 Å². The van der Waals surface area contributed by atoms with Crippen molar-refractivity contribution >= 4 is 11.3 Å². The normalized spacial score (nSPS) is 13.9. The van der Waals surface area contributed by atoms with Crippen LogP contribution in [0.25, 0.3) is 10.4 Å². The molecule has 0 amide bonds. The van der Waals surface area contributed by atoms with Crippen LogP contribution in [-0.4, -0.2) is 11.0 Å². The fourth-order valence-electron chi connectivity index (χ4n) is 3.75. The Bertz CT molecular complexity index is 961. The SMILES string of the molecule is CCc1cc(-c2ccc(CNC3Cc4ccccc4C3)s2)c(C)[nH]c1=O. The van der Waals surface area contributed by atoms with Crippen molar-refractivity contribution in [3.05, 3.63) is 80.1 Å². The molecule has 0 aliphatic heterocycles. The van der Waals surface area contributed by atoms with E-state index >= 15 is 0 Å². The van der Waals surface area contributed by atoms with Gasteiger partial charge in [-0.2, -0.15) is 0 Å². The van der Waals surface area contributed by atoms with Gasteiger partial charge in [0.1, 0.15) is 0 Å². The van der Waals surface area contributed by atoms with Crippen molar-refractivity contribution in [3.63, 3.8) is 0 Å². The second kappa shape index (κ2) is 7.22. The monoisotopic (exact) mass is 364 g/mol. The van der Waals surface area contributed by atoms with E-state index in [0.717, 1.165) is 42.6 Å². The van der Waals surface area contributed by atoms with Crippen LogP contribution in [-0.2, 0) is 25.8 Å². The molecule has 2 heterocycles. The van der Waals surface area contributed by atoms with Gasteiger partial charge in [-0.3, -0.25) is 4.79 Å². The number of hydrogen-bond donors (Lipinski definition) is 2. The molecule has 0 bridgehead atoms. The zero-order valence-corrected chi connectivity index (χ0v) is 16.1. The number of rotatable bonds is 5. The van der Waals surface area contributed by atoms with Gasteiger partial charge in [-0.15, -0.1) is 11.3 Å². The van der Waals surface area contributed by atoms with E-state index in [1.54, 1.807) is 0 Å². The molecule has 1 aromatic carbocycles. The lowest BCUT2D eigenvalue weighted by Crippen LogP contribution is -2.28. The van der Waals surface area contributed by atoms with Crippen molar-refractivity contribution in [2.45, 2.75) is 45.7 Å². The molecule has 3 aromatic rings. The molecule has 4 rings (SSSR count). The van der Waals surface area contributed by atoms with Crippen LogP contribution in [0.2, 0.25) is 0 Å². The molecule has 0 atom stereocenters. The van der Waals surface area contributed by atoms with Crippen LogP contribution in [0.1, 0.15) is 34.2 Å². The van der Waals surface area contributed by atoms with Crippen LogP contribution in [0, 0.1) is 6.92 Å². The summed E-state index contributed by atoms with van der Waals surface area (Å²) < 4.78 is 0. The van der Waals surface area contributed by atoms with Gasteiger partial charge < -0.3 is 10.3 Å². The smallest absolute Gasteiger partial charge is 0.251 e. The zero-order valence-electron chi connectivity index (χ0n) is 15.3. The molecule has 0 fully saturated rings. The molecular weight excluding hydrogens is 340 g/mol. The molecule has 0 saturated heterocycles. The maximum atomic E-state index is 11.9. The molecule has 1 aliphatic carbocycles. The summed E-state index contributed by atoms with van der Waals surface area (Å²) in [6, 6.07) is 15.7. The van der Waals surface area contributed by atoms with Gasteiger partial charge in [0.05, 0.1) is 0 Å². The van der Waals surface area contributed by atoms with Crippen molar-refractivity contribution < 1.29 is 0 Å². The van der Waals surface area contributed by atoms with Gasteiger partial charge in [0.2, 0.25) is 0 Å². The molecule has 2 aromatic heterocycles. The fourth-order valence-corrected chi connectivity index (χ4v) is 4.78. The van der Waals surface area contributed by atoms with Gasteiger partial charge in [-0.1, -0.05) is 31.2 Å². The summed E-state index contributed by atoms with van der Waals surface area (Å²) >= 11 is 1.81. The number of hydrogen-bond acceptors (Lipinski definition) is 3. The molecule has 0 saturated carbocycles. The van der Waals surface area contributed by atoms with E-state index < -0.39 is 0 Å². The Morgan fingerprint density at radius 3 is 2.58 bits per heavy atom. The summed E-state index contributed by atoms with van der Waals surface area (Å²) in [4.78, 5) is 17.5. The number of H-pyrrole nitrogens is 1. The Kier molecular flexibility index (Phi) is 4.79. The molecule has 1 aliphatic rings. The van der Waals surface area contributed by atoms with Crippen LogP contribution >= 0.6 is 11.3 Å². The Labute approximate surface area is 158 Å². The quantitative estimate of drug-likeness (QED) is 0.711. The van der Waals surface area contributed by atoms with Crippen molar-refractivity contribution in [1.29, 1.82) is 0 Å². The van der Waals surface area contributed by atoms with E-state index in [1.807, 2.05) is 31.3 Å². The lowest BCUT2D eigenvalue weighted by molar-refractivity contribution is 0.536. The van der Waals surface area contributed by atoms with Crippen LogP contribution in [0.15, 0.2) is 47.3 Å². The van der Waals surface area contributed by atoms with Crippen LogP contribution in [0.3, 0.4) is 0 Å². The van der Waals surface area contributed by atoms with Crippen molar-refractivity contribution in [2.24, 2.45) is 0 Å². The van der Waals surface area contributed by atoms with Crippen LogP contribution in [0.5, 0.6) is 0 Å². The number of aromatic amines is 1. The average Bonchev–Trinajstić information content (AvgIpc) is 3.26. The van der Waals surface area contributed by atoms with Gasteiger partial charge in [-0.25, -0.2) is 0 Å². The third kappa shape index (κ3) is 3.39. The first kappa shape index (κ1) is 17.3. The third-order valence-electron chi connectivity index (χ3n) is 5.24. The van der Waals surface area contributed by atoms with E-state index in [2.05, 4.69) is 46.7 Å². The zero-order chi connectivity index (χ0) is 18.1. The van der Waals surface area contributed by atoms with Gasteiger partial charge in [-0.05, 0) is 55.5 Å². The number of aryl methyl sites for hydroxylation is 2. The third-order valence-corrected chi connectivity index (χ3v) is 6.36. The number of fused-ring (bicyclic) bond motifs is 1. The predicted molar refractivity (Wildman–Crippen MR) is 109 cm³/mol. The largest absolute Gasteiger partial charge is 0.326 e. The van der Waals surface area contributed by atoms with E-state index in [4.69, 9.17) is 0 Å². The Balaban J connectivity index is 1.45. The summed E-state index contributed by atoms with van der Waals surface area (Å²) in [5, 5.41) is 3.71. The number of benzene rings is 1. The number of nitrogens with one attached hydrogen (secondary N) is 2. The van der Waals surface area contributed by atoms with Crippen molar-refractivity contribution in [2.75, 3.05) is 0 Å². The first-order valence-corrected chi connectivity index (χ1v) is 10.1. The number of thiophene rings is 1. The molecule has 26 heavy (non-hydrogen) atoms. The maximum absolute atomic E-state index is 11.9. The van der Waals surface area contributed by atoms with E-state index in [-0.39, 0.29) is 5.56 Å². The second-order valence-corrected chi connectivity index (χ2v) is 8.20. The predicted octanol–water partition coefficient (Wildman–Crippen LogP) is 4.23. The van der Waals surface area contributed by atoms with E-state index in [1.165, 1.54) is 20.9 Å². The molecular formula is C22H24N2OS. The highest BCUT2D eigenvalue weighted by atomic mass is 32.1. The Morgan fingerprint density at radius 2 is 1.88 bits per heavy atom. The summed E-state index contributed by atoms with van der Waals surface area (Å²) in [6.45, 7) is 4.89. The average molecular weight is 365 g/mol. The summed E-state index contributed by atoms with van der Waals surface area (Å²) in [5.41, 5.74) is 5.93. The van der Waals surface area contributed by atoms with Gasteiger partial charge >= 0.3 is 0 Å². The minimum absolute atomic E-state index is 0.0352. The fraction of sp³-hybridized carbons (Fsp3) is 0.318. The summed E-state index contributed by atoms with van der Waals surface area (Å²) in [7, 11) is 0. The molecule has 4 heteroatoms. The minimum atomic E-state index is 0.0352.